The molecule has 0 fully saturated rings. The molecule has 2 heterocycles. The molecule has 3 nitrogen and oxygen atoms in total. The van der Waals surface area contributed by atoms with Crippen molar-refractivity contribution in [3.63, 3.8) is 0 Å². The van der Waals surface area contributed by atoms with Gasteiger partial charge in [0.2, 0.25) is 0 Å². The minimum atomic E-state index is 0.0000983. The number of carbonyl (C=O) groups excluding carboxylic acids is 1. The van der Waals surface area contributed by atoms with E-state index in [0.717, 1.165) is 39.3 Å². The third-order valence-corrected chi connectivity index (χ3v) is 4.18. The second kappa shape index (κ2) is 4.64. The van der Waals surface area contributed by atoms with Gasteiger partial charge in [0.15, 0.2) is 0 Å². The topological polar surface area (TPSA) is 34.0 Å². The Morgan fingerprint density at radius 1 is 1.10 bits per heavy atom. The maximum absolute atomic E-state index is 12.1. The lowest BCUT2D eigenvalue weighted by molar-refractivity contribution is 0.0956. The van der Waals surface area contributed by atoms with Crippen LogP contribution in [0.4, 0.5) is 0 Å². The highest BCUT2D eigenvalue weighted by molar-refractivity contribution is 6.30. The van der Waals surface area contributed by atoms with Crippen molar-refractivity contribution in [1.82, 2.24) is 9.88 Å². The van der Waals surface area contributed by atoms with E-state index >= 15 is 0 Å². The molecule has 3 aromatic rings. The van der Waals surface area contributed by atoms with Crippen LogP contribution in [0, 0.1) is 0 Å². The SMILES string of the molecule is O=C1NCCn2c(-c3ccc(Cl)cc3)cc3cccc1c32. The number of nitrogens with one attached hydrogen (secondary N) is 1. The summed E-state index contributed by atoms with van der Waals surface area (Å²) < 4.78 is 2.21. The van der Waals surface area contributed by atoms with E-state index in [2.05, 4.69) is 16.0 Å². The van der Waals surface area contributed by atoms with Crippen LogP contribution in [0.25, 0.3) is 22.2 Å². The number of carbonyl (C=O) groups is 1. The zero-order valence-electron chi connectivity index (χ0n) is 11.3. The predicted molar refractivity (Wildman–Crippen MR) is 84.7 cm³/mol. The van der Waals surface area contributed by atoms with E-state index in [0.29, 0.717) is 6.54 Å². The number of benzene rings is 2. The molecular formula is C17H13ClN2O. The van der Waals surface area contributed by atoms with E-state index in [4.69, 9.17) is 11.6 Å². The third-order valence-electron chi connectivity index (χ3n) is 3.93. The van der Waals surface area contributed by atoms with E-state index in [9.17, 15) is 4.79 Å². The molecule has 1 N–H and O–H groups in total. The molecule has 2 aromatic carbocycles. The number of nitrogens with zero attached hydrogens (tertiary/aromatic N) is 1. The Morgan fingerprint density at radius 2 is 1.90 bits per heavy atom. The zero-order chi connectivity index (χ0) is 14.4. The highest BCUT2D eigenvalue weighted by atomic mass is 35.5. The third kappa shape index (κ3) is 1.93. The summed E-state index contributed by atoms with van der Waals surface area (Å²) in [6.07, 6.45) is 0. The van der Waals surface area contributed by atoms with Gasteiger partial charge in [0, 0.05) is 29.2 Å². The Morgan fingerprint density at radius 3 is 2.71 bits per heavy atom. The van der Waals surface area contributed by atoms with Crippen LogP contribution in [0.1, 0.15) is 10.4 Å². The summed E-state index contributed by atoms with van der Waals surface area (Å²) in [4.78, 5) is 12.1. The number of rotatable bonds is 1. The summed E-state index contributed by atoms with van der Waals surface area (Å²) in [7, 11) is 0. The molecular weight excluding hydrogens is 284 g/mol. The minimum absolute atomic E-state index is 0.0000983. The smallest absolute Gasteiger partial charge is 0.253 e. The average molecular weight is 297 g/mol. The van der Waals surface area contributed by atoms with Crippen molar-refractivity contribution < 1.29 is 4.79 Å². The molecule has 0 radical (unpaired) electrons. The monoisotopic (exact) mass is 296 g/mol. The van der Waals surface area contributed by atoms with Gasteiger partial charge in [-0.2, -0.15) is 0 Å². The van der Waals surface area contributed by atoms with Crippen molar-refractivity contribution in [3.05, 3.63) is 59.1 Å². The molecule has 21 heavy (non-hydrogen) atoms. The maximum Gasteiger partial charge on any atom is 0.253 e. The van der Waals surface area contributed by atoms with E-state index in [-0.39, 0.29) is 5.91 Å². The molecule has 0 saturated carbocycles. The van der Waals surface area contributed by atoms with Crippen LogP contribution in [-0.4, -0.2) is 17.0 Å². The first-order valence-electron chi connectivity index (χ1n) is 6.90. The molecule has 1 aromatic heterocycles. The van der Waals surface area contributed by atoms with Crippen molar-refractivity contribution in [1.29, 1.82) is 0 Å². The molecule has 4 heteroatoms. The van der Waals surface area contributed by atoms with Crippen molar-refractivity contribution in [2.24, 2.45) is 0 Å². The van der Waals surface area contributed by atoms with E-state index in [1.165, 1.54) is 0 Å². The molecule has 0 unspecified atom stereocenters. The first-order chi connectivity index (χ1) is 10.2. The highest BCUT2D eigenvalue weighted by Crippen LogP contribution is 2.31. The summed E-state index contributed by atoms with van der Waals surface area (Å²) in [5, 5.41) is 4.76. The van der Waals surface area contributed by atoms with E-state index in [1.807, 2.05) is 42.5 Å². The standard InChI is InChI=1S/C17H13ClN2O/c18-13-6-4-11(5-7-13)15-10-12-2-1-3-14-16(12)20(15)9-8-19-17(14)21/h1-7,10H,8-9H2,(H,19,21). The number of para-hydroxylation sites is 1. The van der Waals surface area contributed by atoms with Crippen LogP contribution in [-0.2, 0) is 6.54 Å². The Labute approximate surface area is 127 Å². The van der Waals surface area contributed by atoms with Gasteiger partial charge < -0.3 is 9.88 Å². The first-order valence-corrected chi connectivity index (χ1v) is 7.28. The average Bonchev–Trinajstić information content (AvgIpc) is 2.77. The summed E-state index contributed by atoms with van der Waals surface area (Å²) >= 11 is 5.97. The molecule has 0 spiro atoms. The van der Waals surface area contributed by atoms with Gasteiger partial charge in [0.25, 0.3) is 5.91 Å². The largest absolute Gasteiger partial charge is 0.350 e. The summed E-state index contributed by atoms with van der Waals surface area (Å²) in [5.74, 6) is 0.0000983. The van der Waals surface area contributed by atoms with Crippen LogP contribution in [0.15, 0.2) is 48.5 Å². The fraction of sp³-hybridized carbons (Fsp3) is 0.118. The Hall–Kier alpha value is -2.26. The van der Waals surface area contributed by atoms with Crippen molar-refractivity contribution in [2.45, 2.75) is 6.54 Å². The van der Waals surface area contributed by atoms with Crippen LogP contribution in [0.3, 0.4) is 0 Å². The number of aromatic nitrogens is 1. The van der Waals surface area contributed by atoms with Gasteiger partial charge in [-0.05, 0) is 29.8 Å². The van der Waals surface area contributed by atoms with Crippen molar-refractivity contribution in [2.75, 3.05) is 6.54 Å². The lowest BCUT2D eigenvalue weighted by Gasteiger charge is -2.09. The minimum Gasteiger partial charge on any atom is -0.350 e. The molecule has 0 atom stereocenters. The highest BCUT2D eigenvalue weighted by Gasteiger charge is 2.20. The molecule has 1 amide bonds. The lowest BCUT2D eigenvalue weighted by atomic mass is 10.1. The summed E-state index contributed by atoms with van der Waals surface area (Å²) in [6.45, 7) is 1.40. The summed E-state index contributed by atoms with van der Waals surface area (Å²) in [5.41, 5.74) is 3.98. The molecule has 1 aliphatic heterocycles. The molecule has 0 saturated heterocycles. The normalized spacial score (nSPS) is 14.0. The van der Waals surface area contributed by atoms with Crippen LogP contribution >= 0.6 is 11.6 Å². The first kappa shape index (κ1) is 12.5. The number of amides is 1. The van der Waals surface area contributed by atoms with Crippen molar-refractivity contribution >= 4 is 28.4 Å². The second-order valence-corrected chi connectivity index (χ2v) is 5.62. The fourth-order valence-corrected chi connectivity index (χ4v) is 3.10. The lowest BCUT2D eigenvalue weighted by Crippen LogP contribution is -2.24. The molecule has 4 rings (SSSR count). The fourth-order valence-electron chi connectivity index (χ4n) is 2.98. The molecule has 1 aliphatic rings. The molecule has 0 aliphatic carbocycles. The predicted octanol–water partition coefficient (Wildman–Crippen LogP) is 3.71. The van der Waals surface area contributed by atoms with Gasteiger partial charge in [-0.1, -0.05) is 35.9 Å². The van der Waals surface area contributed by atoms with Gasteiger partial charge in [0.1, 0.15) is 0 Å². The van der Waals surface area contributed by atoms with Crippen LogP contribution in [0.5, 0.6) is 0 Å². The van der Waals surface area contributed by atoms with Gasteiger partial charge >= 0.3 is 0 Å². The van der Waals surface area contributed by atoms with Gasteiger partial charge in [-0.3, -0.25) is 4.79 Å². The Balaban J connectivity index is 2.02. The van der Waals surface area contributed by atoms with Gasteiger partial charge in [-0.15, -0.1) is 0 Å². The van der Waals surface area contributed by atoms with Gasteiger partial charge in [0.05, 0.1) is 11.1 Å². The summed E-state index contributed by atoms with van der Waals surface area (Å²) in [6, 6.07) is 15.8. The van der Waals surface area contributed by atoms with E-state index in [1.54, 1.807) is 0 Å². The van der Waals surface area contributed by atoms with E-state index < -0.39 is 0 Å². The molecule has 104 valence electrons. The number of hydrogen-bond acceptors (Lipinski definition) is 1. The molecule has 0 bridgehead atoms. The van der Waals surface area contributed by atoms with Gasteiger partial charge in [-0.25, -0.2) is 0 Å². The number of halogens is 1. The quantitative estimate of drug-likeness (QED) is 0.730. The zero-order valence-corrected chi connectivity index (χ0v) is 12.0. The Bertz CT molecular complexity index is 849. The second-order valence-electron chi connectivity index (χ2n) is 5.19. The van der Waals surface area contributed by atoms with Crippen molar-refractivity contribution in [3.8, 4) is 11.3 Å². The van der Waals surface area contributed by atoms with Crippen LogP contribution in [0.2, 0.25) is 5.02 Å². The van der Waals surface area contributed by atoms with Crippen LogP contribution < -0.4 is 5.32 Å². The maximum atomic E-state index is 12.1. The Kier molecular flexibility index (Phi) is 2.76. The number of hydrogen-bond donors (Lipinski definition) is 1.